The Balaban J connectivity index is 1.57. The fraction of sp³-hybridized carbons (Fsp3) is 0.154. The van der Waals surface area contributed by atoms with Crippen LogP contribution in [0.2, 0.25) is 0 Å². The molecule has 0 aliphatic heterocycles. The molecule has 0 spiro atoms. The predicted molar refractivity (Wildman–Crippen MR) is 128 cm³/mol. The lowest BCUT2D eigenvalue weighted by Gasteiger charge is -2.14. The molecule has 0 saturated heterocycles. The minimum absolute atomic E-state index is 0.164. The molecule has 0 saturated carbocycles. The van der Waals surface area contributed by atoms with Gasteiger partial charge in [0.05, 0.1) is 5.69 Å². The van der Waals surface area contributed by atoms with Crippen LogP contribution < -0.4 is 10.6 Å². The van der Waals surface area contributed by atoms with Gasteiger partial charge in [0, 0.05) is 34.9 Å². The normalized spacial score (nSPS) is 10.8. The number of benzene rings is 2. The van der Waals surface area contributed by atoms with E-state index >= 15 is 0 Å². The Morgan fingerprint density at radius 2 is 1.75 bits per heavy atom. The quantitative estimate of drug-likeness (QED) is 0.400. The molecular weight excluding hydrogens is 398 g/mol. The number of carbonyl (C=O) groups is 1. The molecule has 2 aromatic heterocycles. The predicted octanol–water partition coefficient (Wildman–Crippen LogP) is 5.97. The zero-order valence-electron chi connectivity index (χ0n) is 18.3. The smallest absolute Gasteiger partial charge is 0.255 e. The van der Waals surface area contributed by atoms with Gasteiger partial charge in [0.25, 0.3) is 5.91 Å². The number of aryl methyl sites for hydroxylation is 1. The van der Waals surface area contributed by atoms with Gasteiger partial charge in [0.15, 0.2) is 0 Å². The molecule has 1 amide bonds. The van der Waals surface area contributed by atoms with E-state index in [0.29, 0.717) is 17.3 Å². The lowest BCUT2D eigenvalue weighted by atomic mass is 10.0. The largest absolute Gasteiger partial charge is 0.339 e. The maximum atomic E-state index is 12.9. The molecule has 0 atom stereocenters. The highest BCUT2D eigenvalue weighted by molar-refractivity contribution is 6.05. The Hall–Kier alpha value is -4.06. The second-order valence-electron chi connectivity index (χ2n) is 7.88. The van der Waals surface area contributed by atoms with Crippen molar-refractivity contribution in [2.24, 2.45) is 0 Å². The third-order valence-electron chi connectivity index (χ3n) is 5.25. The van der Waals surface area contributed by atoms with E-state index < -0.39 is 0 Å². The number of nitrogens with one attached hydrogen (secondary N) is 2. The van der Waals surface area contributed by atoms with E-state index in [-0.39, 0.29) is 5.91 Å². The second kappa shape index (κ2) is 9.39. The minimum Gasteiger partial charge on any atom is -0.339 e. The van der Waals surface area contributed by atoms with Crippen LogP contribution in [0.4, 0.5) is 17.2 Å². The first-order valence-electron chi connectivity index (χ1n) is 10.5. The number of hydrogen-bond acceptors (Lipinski definition) is 5. The molecular formula is C26H25N5O. The number of hydrogen-bond donors (Lipinski definition) is 2. The van der Waals surface area contributed by atoms with E-state index in [9.17, 15) is 4.79 Å². The second-order valence-corrected chi connectivity index (χ2v) is 7.88. The average molecular weight is 424 g/mol. The molecule has 2 heterocycles. The average Bonchev–Trinajstić information content (AvgIpc) is 2.81. The van der Waals surface area contributed by atoms with Crippen LogP contribution in [0.25, 0.3) is 11.3 Å². The van der Waals surface area contributed by atoms with E-state index in [1.54, 1.807) is 12.4 Å². The van der Waals surface area contributed by atoms with E-state index in [0.717, 1.165) is 28.2 Å². The summed E-state index contributed by atoms with van der Waals surface area (Å²) in [7, 11) is 0. The van der Waals surface area contributed by atoms with Crippen molar-refractivity contribution < 1.29 is 4.79 Å². The Bertz CT molecular complexity index is 1220. The zero-order valence-corrected chi connectivity index (χ0v) is 18.3. The first kappa shape index (κ1) is 21.2. The fourth-order valence-corrected chi connectivity index (χ4v) is 3.34. The first-order valence-corrected chi connectivity index (χ1v) is 10.5. The van der Waals surface area contributed by atoms with Crippen LogP contribution in [0.1, 0.15) is 41.3 Å². The number of anilines is 3. The summed E-state index contributed by atoms with van der Waals surface area (Å²) in [6.07, 6.45) is 4.93. The summed E-state index contributed by atoms with van der Waals surface area (Å²) in [6, 6.07) is 19.2. The van der Waals surface area contributed by atoms with Gasteiger partial charge in [-0.15, -0.1) is 0 Å². The molecule has 2 N–H and O–H groups in total. The monoisotopic (exact) mass is 423 g/mol. The van der Waals surface area contributed by atoms with E-state index in [1.807, 2.05) is 67.6 Å². The molecule has 0 unspecified atom stereocenters. The molecule has 0 aliphatic carbocycles. The maximum absolute atomic E-state index is 12.9. The third kappa shape index (κ3) is 4.81. The highest BCUT2D eigenvalue weighted by atomic mass is 16.1. The van der Waals surface area contributed by atoms with Crippen LogP contribution in [0.5, 0.6) is 0 Å². The van der Waals surface area contributed by atoms with Gasteiger partial charge in [0.1, 0.15) is 12.1 Å². The van der Waals surface area contributed by atoms with Gasteiger partial charge >= 0.3 is 0 Å². The standard InChI is InChI=1S/C26H25N5O/c1-17(2)19-8-10-21(11-9-19)30-26(32)20-7-6-18(3)24(15-20)31-25-22(5-4-13-28-25)23-12-14-27-16-29-23/h4-17H,1-3H3,(H,28,31)(H,30,32). The third-order valence-corrected chi connectivity index (χ3v) is 5.25. The number of carbonyl (C=O) groups excluding carboxylic acids is 1. The topological polar surface area (TPSA) is 79.8 Å². The molecule has 6 nitrogen and oxygen atoms in total. The summed E-state index contributed by atoms with van der Waals surface area (Å²) in [5.74, 6) is 0.947. The van der Waals surface area contributed by atoms with Crippen molar-refractivity contribution in [3.05, 3.63) is 96.1 Å². The molecule has 6 heteroatoms. The van der Waals surface area contributed by atoms with Gasteiger partial charge in [-0.3, -0.25) is 4.79 Å². The number of amides is 1. The van der Waals surface area contributed by atoms with Crippen molar-refractivity contribution in [3.63, 3.8) is 0 Å². The van der Waals surface area contributed by atoms with Crippen molar-refractivity contribution in [1.82, 2.24) is 15.0 Å². The highest BCUT2D eigenvalue weighted by Gasteiger charge is 2.12. The van der Waals surface area contributed by atoms with E-state index in [4.69, 9.17) is 0 Å². The molecule has 0 aliphatic rings. The molecule has 0 bridgehead atoms. The molecule has 0 radical (unpaired) electrons. The SMILES string of the molecule is Cc1ccc(C(=O)Nc2ccc(C(C)C)cc2)cc1Nc1ncccc1-c1ccncn1. The van der Waals surface area contributed by atoms with Crippen LogP contribution >= 0.6 is 0 Å². The Kier molecular flexibility index (Phi) is 6.22. The van der Waals surface area contributed by atoms with Crippen LogP contribution in [0, 0.1) is 6.92 Å². The molecule has 2 aromatic carbocycles. The van der Waals surface area contributed by atoms with Gasteiger partial charge in [-0.25, -0.2) is 15.0 Å². The Morgan fingerprint density at radius 1 is 0.938 bits per heavy atom. The van der Waals surface area contributed by atoms with Gasteiger partial charge in [-0.2, -0.15) is 0 Å². The van der Waals surface area contributed by atoms with Crippen molar-refractivity contribution in [2.75, 3.05) is 10.6 Å². The lowest BCUT2D eigenvalue weighted by molar-refractivity contribution is 0.102. The summed E-state index contributed by atoms with van der Waals surface area (Å²) in [5, 5.41) is 6.34. The van der Waals surface area contributed by atoms with E-state index in [2.05, 4.69) is 39.4 Å². The molecule has 32 heavy (non-hydrogen) atoms. The minimum atomic E-state index is -0.164. The van der Waals surface area contributed by atoms with Gasteiger partial charge < -0.3 is 10.6 Å². The van der Waals surface area contributed by atoms with Crippen LogP contribution in [0.15, 0.2) is 79.4 Å². The summed E-state index contributed by atoms with van der Waals surface area (Å²) in [6.45, 7) is 6.28. The van der Waals surface area contributed by atoms with Crippen LogP contribution in [0.3, 0.4) is 0 Å². The first-order chi connectivity index (χ1) is 15.5. The summed E-state index contributed by atoms with van der Waals surface area (Å²) in [5.41, 5.74) is 6.00. The Labute approximate surface area is 187 Å². The molecule has 0 fully saturated rings. The van der Waals surface area contributed by atoms with Gasteiger partial charge in [-0.1, -0.05) is 32.0 Å². The number of pyridine rings is 1. The van der Waals surface area contributed by atoms with Crippen molar-refractivity contribution in [2.45, 2.75) is 26.7 Å². The molecule has 4 aromatic rings. The van der Waals surface area contributed by atoms with Crippen molar-refractivity contribution in [1.29, 1.82) is 0 Å². The van der Waals surface area contributed by atoms with Crippen LogP contribution in [-0.2, 0) is 0 Å². The number of aromatic nitrogens is 3. The van der Waals surface area contributed by atoms with Crippen molar-refractivity contribution in [3.8, 4) is 11.3 Å². The van der Waals surface area contributed by atoms with Crippen LogP contribution in [-0.4, -0.2) is 20.9 Å². The summed E-state index contributed by atoms with van der Waals surface area (Å²) < 4.78 is 0. The highest BCUT2D eigenvalue weighted by Crippen LogP contribution is 2.28. The molecule has 160 valence electrons. The van der Waals surface area contributed by atoms with E-state index in [1.165, 1.54) is 11.9 Å². The summed E-state index contributed by atoms with van der Waals surface area (Å²) >= 11 is 0. The summed E-state index contributed by atoms with van der Waals surface area (Å²) in [4.78, 5) is 25.7. The van der Waals surface area contributed by atoms with Gasteiger partial charge in [-0.05, 0) is 66.4 Å². The maximum Gasteiger partial charge on any atom is 0.255 e. The lowest BCUT2D eigenvalue weighted by Crippen LogP contribution is -2.12. The van der Waals surface area contributed by atoms with Gasteiger partial charge in [0.2, 0.25) is 0 Å². The number of nitrogens with zero attached hydrogens (tertiary/aromatic N) is 3. The van der Waals surface area contributed by atoms with Crippen molar-refractivity contribution >= 4 is 23.1 Å². The number of rotatable bonds is 6. The molecule has 4 rings (SSSR count). The fourth-order valence-electron chi connectivity index (χ4n) is 3.34. The zero-order chi connectivity index (χ0) is 22.5. The Morgan fingerprint density at radius 3 is 2.47 bits per heavy atom.